The first kappa shape index (κ1) is 21.3. The number of aromatic nitrogens is 2. The molecule has 0 saturated heterocycles. The lowest BCUT2D eigenvalue weighted by molar-refractivity contribution is 0.0310. The molecule has 150 valence electrons. The quantitative estimate of drug-likeness (QED) is 0.519. The van der Waals surface area contributed by atoms with Crippen LogP contribution in [0.2, 0.25) is 0 Å². The Morgan fingerprint density at radius 2 is 1.82 bits per heavy atom. The first-order chi connectivity index (χ1) is 13.1. The van der Waals surface area contributed by atoms with Gasteiger partial charge in [-0.1, -0.05) is 6.92 Å². The minimum Gasteiger partial charge on any atom is -0.449 e. The molecule has 0 aliphatic rings. The van der Waals surface area contributed by atoms with Crippen LogP contribution in [0.4, 0.5) is 5.69 Å². The molecule has 0 radical (unpaired) electrons. The van der Waals surface area contributed by atoms with E-state index in [0.29, 0.717) is 18.7 Å². The van der Waals surface area contributed by atoms with E-state index >= 15 is 0 Å². The fourth-order valence-electron chi connectivity index (χ4n) is 2.36. The van der Waals surface area contributed by atoms with Gasteiger partial charge in [-0.05, 0) is 43.7 Å². The molecule has 1 heterocycles. The summed E-state index contributed by atoms with van der Waals surface area (Å²) >= 11 is 0. The first-order valence-electron chi connectivity index (χ1n) is 8.52. The number of nitrogens with zero attached hydrogens (tertiary/aromatic N) is 2. The van der Waals surface area contributed by atoms with Crippen LogP contribution < -0.4 is 10.3 Å². The van der Waals surface area contributed by atoms with E-state index in [9.17, 15) is 22.8 Å². The highest BCUT2D eigenvalue weighted by Gasteiger charge is 2.21. The van der Waals surface area contributed by atoms with Gasteiger partial charge in [0.2, 0.25) is 15.8 Å². The molecule has 0 bridgehead atoms. The van der Waals surface area contributed by atoms with Crippen molar-refractivity contribution in [1.82, 2.24) is 9.78 Å². The third-order valence-corrected chi connectivity index (χ3v) is 4.24. The molecular formula is C18H21N3O6S. The maximum atomic E-state index is 12.4. The van der Waals surface area contributed by atoms with E-state index in [1.54, 1.807) is 0 Å². The van der Waals surface area contributed by atoms with Gasteiger partial charge in [0.1, 0.15) is 0 Å². The zero-order chi connectivity index (χ0) is 20.9. The van der Waals surface area contributed by atoms with E-state index in [4.69, 9.17) is 4.74 Å². The van der Waals surface area contributed by atoms with Gasteiger partial charge < -0.3 is 4.74 Å². The number of ether oxygens (including phenoxy) is 1. The summed E-state index contributed by atoms with van der Waals surface area (Å²) in [6.07, 6.45) is 0.602. The molecule has 10 heteroatoms. The lowest BCUT2D eigenvalue weighted by Crippen LogP contribution is -2.28. The van der Waals surface area contributed by atoms with Crippen LogP contribution in [-0.4, -0.2) is 42.3 Å². The normalized spacial score (nSPS) is 12.2. The van der Waals surface area contributed by atoms with E-state index in [1.807, 2.05) is 6.92 Å². The first-order valence-corrected chi connectivity index (χ1v) is 10.4. The number of hydrogen-bond acceptors (Lipinski definition) is 7. The summed E-state index contributed by atoms with van der Waals surface area (Å²) in [6.45, 7) is 3.66. The number of aryl methyl sites for hydroxylation is 1. The summed E-state index contributed by atoms with van der Waals surface area (Å²) in [6, 6.07) is 8.20. The second-order valence-corrected chi connectivity index (χ2v) is 7.89. The summed E-state index contributed by atoms with van der Waals surface area (Å²) < 4.78 is 31.0. The van der Waals surface area contributed by atoms with E-state index in [-0.39, 0.29) is 16.8 Å². The Morgan fingerprint density at radius 3 is 2.39 bits per heavy atom. The number of sulfonamides is 1. The molecule has 0 fully saturated rings. The van der Waals surface area contributed by atoms with Crippen molar-refractivity contribution < 1.29 is 22.7 Å². The Morgan fingerprint density at radius 1 is 1.18 bits per heavy atom. The Bertz CT molecular complexity index is 1030. The van der Waals surface area contributed by atoms with Gasteiger partial charge in [0.25, 0.3) is 5.56 Å². The number of ketones is 1. The molecular weight excluding hydrogens is 386 g/mol. The second kappa shape index (κ2) is 8.79. The van der Waals surface area contributed by atoms with Gasteiger partial charge in [-0.2, -0.15) is 5.10 Å². The smallest absolute Gasteiger partial charge is 0.359 e. The zero-order valence-corrected chi connectivity index (χ0v) is 16.5. The third kappa shape index (κ3) is 5.74. The molecule has 0 saturated carbocycles. The molecule has 1 unspecified atom stereocenters. The second-order valence-electron chi connectivity index (χ2n) is 6.14. The van der Waals surface area contributed by atoms with Crippen LogP contribution in [0.3, 0.4) is 0 Å². The standard InChI is InChI=1S/C18H21N3O6S/c1-4-11-21-16(22)10-9-15(19-21)18(24)27-12(2)17(23)13-5-7-14(8-6-13)20-28(3,25)26/h5-10,12,20H,4,11H2,1-3H3. The SMILES string of the molecule is CCCn1nc(C(=O)OC(C)C(=O)c2ccc(NS(C)(=O)=O)cc2)ccc1=O. The molecule has 2 aromatic rings. The largest absolute Gasteiger partial charge is 0.449 e. The maximum Gasteiger partial charge on any atom is 0.359 e. The molecule has 0 spiro atoms. The van der Waals surface area contributed by atoms with Crippen LogP contribution in [0, 0.1) is 0 Å². The van der Waals surface area contributed by atoms with Gasteiger partial charge in [0, 0.05) is 23.9 Å². The average Bonchev–Trinajstić information content (AvgIpc) is 2.62. The van der Waals surface area contributed by atoms with Crippen LogP contribution in [0.1, 0.15) is 41.1 Å². The van der Waals surface area contributed by atoms with Gasteiger partial charge in [-0.25, -0.2) is 17.9 Å². The van der Waals surface area contributed by atoms with Gasteiger partial charge >= 0.3 is 5.97 Å². The van der Waals surface area contributed by atoms with Gasteiger partial charge in [-0.15, -0.1) is 0 Å². The number of Topliss-reactive ketones (excluding diaryl/α,β-unsaturated/α-hetero) is 1. The number of carbonyl (C=O) groups excluding carboxylic acids is 2. The number of benzene rings is 1. The molecule has 1 atom stereocenters. The number of carbonyl (C=O) groups is 2. The van der Waals surface area contributed by atoms with Crippen molar-refractivity contribution in [2.24, 2.45) is 0 Å². The highest BCUT2D eigenvalue weighted by molar-refractivity contribution is 7.92. The minimum atomic E-state index is -3.42. The Labute approximate surface area is 162 Å². The zero-order valence-electron chi connectivity index (χ0n) is 15.7. The van der Waals surface area contributed by atoms with Crippen LogP contribution in [-0.2, 0) is 21.3 Å². The van der Waals surface area contributed by atoms with E-state index in [1.165, 1.54) is 43.3 Å². The Hall–Kier alpha value is -3.01. The molecule has 0 amide bonds. The molecule has 1 aromatic carbocycles. The van der Waals surface area contributed by atoms with Crippen LogP contribution in [0.25, 0.3) is 0 Å². The lowest BCUT2D eigenvalue weighted by Gasteiger charge is -2.13. The highest BCUT2D eigenvalue weighted by Crippen LogP contribution is 2.14. The number of esters is 1. The van der Waals surface area contributed by atoms with Crippen molar-refractivity contribution in [1.29, 1.82) is 0 Å². The monoisotopic (exact) mass is 407 g/mol. The Balaban J connectivity index is 2.08. The number of rotatable bonds is 8. The topological polar surface area (TPSA) is 124 Å². The number of anilines is 1. The van der Waals surface area contributed by atoms with Gasteiger partial charge in [-0.3, -0.25) is 14.3 Å². The lowest BCUT2D eigenvalue weighted by atomic mass is 10.1. The van der Waals surface area contributed by atoms with E-state index in [0.717, 1.165) is 10.9 Å². The van der Waals surface area contributed by atoms with Crippen molar-refractivity contribution in [2.75, 3.05) is 11.0 Å². The maximum absolute atomic E-state index is 12.4. The van der Waals surface area contributed by atoms with Crippen molar-refractivity contribution in [3.63, 3.8) is 0 Å². The summed E-state index contributed by atoms with van der Waals surface area (Å²) in [5.41, 5.74) is 0.167. The van der Waals surface area contributed by atoms with Gasteiger partial charge in [0.15, 0.2) is 11.8 Å². The molecule has 0 aliphatic carbocycles. The molecule has 28 heavy (non-hydrogen) atoms. The third-order valence-electron chi connectivity index (χ3n) is 3.64. The number of hydrogen-bond donors (Lipinski definition) is 1. The molecule has 2 rings (SSSR count). The van der Waals surface area contributed by atoms with Crippen molar-refractivity contribution in [2.45, 2.75) is 32.9 Å². The van der Waals surface area contributed by atoms with Crippen LogP contribution >= 0.6 is 0 Å². The predicted octanol–water partition coefficient (Wildman–Crippen LogP) is 1.45. The predicted molar refractivity (Wildman–Crippen MR) is 103 cm³/mol. The molecule has 0 aliphatic heterocycles. The van der Waals surface area contributed by atoms with Crippen LogP contribution in [0.15, 0.2) is 41.2 Å². The summed E-state index contributed by atoms with van der Waals surface area (Å²) in [4.78, 5) is 36.3. The van der Waals surface area contributed by atoms with Crippen LogP contribution in [0.5, 0.6) is 0 Å². The fourth-order valence-corrected chi connectivity index (χ4v) is 2.92. The summed E-state index contributed by atoms with van der Waals surface area (Å²) in [7, 11) is -3.42. The molecule has 9 nitrogen and oxygen atoms in total. The number of nitrogens with one attached hydrogen (secondary N) is 1. The highest BCUT2D eigenvalue weighted by atomic mass is 32.2. The molecule has 1 N–H and O–H groups in total. The average molecular weight is 407 g/mol. The van der Waals surface area contributed by atoms with Crippen molar-refractivity contribution in [3.05, 3.63) is 58.0 Å². The van der Waals surface area contributed by atoms with E-state index in [2.05, 4.69) is 9.82 Å². The summed E-state index contributed by atoms with van der Waals surface area (Å²) in [5, 5.41) is 3.95. The van der Waals surface area contributed by atoms with E-state index < -0.39 is 27.9 Å². The fraction of sp³-hybridized carbons (Fsp3) is 0.333. The molecule has 1 aromatic heterocycles. The summed E-state index contributed by atoms with van der Waals surface area (Å²) in [5.74, 6) is -1.28. The van der Waals surface area contributed by atoms with Crippen molar-refractivity contribution in [3.8, 4) is 0 Å². The Kier molecular flexibility index (Phi) is 6.68. The minimum absolute atomic E-state index is 0.0691. The van der Waals surface area contributed by atoms with Gasteiger partial charge in [0.05, 0.1) is 6.26 Å². The van der Waals surface area contributed by atoms with Crippen molar-refractivity contribution >= 4 is 27.5 Å².